The van der Waals surface area contributed by atoms with E-state index in [1.54, 1.807) is 6.07 Å². The molecular weight excluding hydrogens is 258 g/mol. The van der Waals surface area contributed by atoms with E-state index >= 15 is 0 Å². The maximum Gasteiger partial charge on any atom is 0.193 e. The minimum absolute atomic E-state index is 0.158. The predicted octanol–water partition coefficient (Wildman–Crippen LogP) is 4.39. The van der Waals surface area contributed by atoms with Gasteiger partial charge in [-0.05, 0) is 42.2 Å². The Hall–Kier alpha value is -2.03. The first-order chi connectivity index (χ1) is 9.47. The molecule has 0 saturated carbocycles. The molecule has 20 heavy (non-hydrogen) atoms. The van der Waals surface area contributed by atoms with Crippen molar-refractivity contribution in [3.63, 3.8) is 0 Å². The van der Waals surface area contributed by atoms with Crippen molar-refractivity contribution in [1.29, 1.82) is 0 Å². The van der Waals surface area contributed by atoms with Crippen LogP contribution in [0.5, 0.6) is 0 Å². The lowest BCUT2D eigenvalue weighted by molar-refractivity contribution is 0.103. The van der Waals surface area contributed by atoms with Gasteiger partial charge in [-0.1, -0.05) is 32.0 Å². The molecule has 0 saturated heterocycles. The Morgan fingerprint density at radius 1 is 1.00 bits per heavy atom. The Kier molecular flexibility index (Phi) is 4.28. The highest BCUT2D eigenvalue weighted by Gasteiger charge is 2.12. The third-order valence-corrected chi connectivity index (χ3v) is 3.01. The molecule has 0 fully saturated rings. The molecule has 0 aliphatic heterocycles. The van der Waals surface area contributed by atoms with Crippen molar-refractivity contribution in [2.45, 2.75) is 20.3 Å². The average molecular weight is 274 g/mol. The summed E-state index contributed by atoms with van der Waals surface area (Å²) in [4.78, 5) is 12.3. The first kappa shape index (κ1) is 14.4. The standard InChI is InChI=1S/C17H16F2O/c1-11(2)8-12-4-3-5-13(9-12)17(20)14-6-7-15(18)16(19)10-14/h3-7,9-11H,8H2,1-2H3. The number of rotatable bonds is 4. The fourth-order valence-corrected chi connectivity index (χ4v) is 2.11. The zero-order chi connectivity index (χ0) is 14.7. The molecule has 1 nitrogen and oxygen atoms in total. The number of hydrogen-bond acceptors (Lipinski definition) is 1. The van der Waals surface area contributed by atoms with Crippen LogP contribution in [-0.2, 0) is 6.42 Å². The number of ketones is 1. The molecule has 0 N–H and O–H groups in total. The van der Waals surface area contributed by atoms with E-state index in [1.807, 2.05) is 18.2 Å². The van der Waals surface area contributed by atoms with Crippen molar-refractivity contribution in [2.24, 2.45) is 5.92 Å². The van der Waals surface area contributed by atoms with Crippen molar-refractivity contribution in [3.8, 4) is 0 Å². The second-order valence-corrected chi connectivity index (χ2v) is 5.26. The summed E-state index contributed by atoms with van der Waals surface area (Å²) in [7, 11) is 0. The summed E-state index contributed by atoms with van der Waals surface area (Å²) in [6.45, 7) is 4.20. The van der Waals surface area contributed by atoms with E-state index < -0.39 is 11.6 Å². The van der Waals surface area contributed by atoms with Gasteiger partial charge >= 0.3 is 0 Å². The lowest BCUT2D eigenvalue weighted by Gasteiger charge is -2.07. The molecule has 0 aliphatic rings. The number of carbonyl (C=O) groups excluding carboxylic acids is 1. The van der Waals surface area contributed by atoms with Gasteiger partial charge in [0.15, 0.2) is 17.4 Å². The minimum Gasteiger partial charge on any atom is -0.289 e. The van der Waals surface area contributed by atoms with Gasteiger partial charge in [-0.25, -0.2) is 8.78 Å². The summed E-state index contributed by atoms with van der Waals surface area (Å²) in [6.07, 6.45) is 0.874. The van der Waals surface area contributed by atoms with Crippen molar-refractivity contribution >= 4 is 5.78 Å². The smallest absolute Gasteiger partial charge is 0.193 e. The Morgan fingerprint density at radius 3 is 2.35 bits per heavy atom. The van der Waals surface area contributed by atoms with Gasteiger partial charge in [-0.15, -0.1) is 0 Å². The van der Waals surface area contributed by atoms with E-state index in [0.717, 1.165) is 24.1 Å². The Morgan fingerprint density at radius 2 is 1.70 bits per heavy atom. The van der Waals surface area contributed by atoms with E-state index in [-0.39, 0.29) is 11.3 Å². The average Bonchev–Trinajstić information content (AvgIpc) is 2.40. The van der Waals surface area contributed by atoms with Crippen LogP contribution in [0.15, 0.2) is 42.5 Å². The van der Waals surface area contributed by atoms with Crippen LogP contribution in [0.4, 0.5) is 8.78 Å². The fourth-order valence-electron chi connectivity index (χ4n) is 2.11. The van der Waals surface area contributed by atoms with E-state index in [9.17, 15) is 13.6 Å². The van der Waals surface area contributed by atoms with Gasteiger partial charge in [0, 0.05) is 11.1 Å². The summed E-state index contributed by atoms with van der Waals surface area (Å²) in [5.74, 6) is -1.76. The first-order valence-electron chi connectivity index (χ1n) is 6.56. The van der Waals surface area contributed by atoms with Gasteiger partial charge in [0.05, 0.1) is 0 Å². The van der Waals surface area contributed by atoms with Gasteiger partial charge in [-0.3, -0.25) is 4.79 Å². The van der Waals surface area contributed by atoms with Crippen molar-refractivity contribution in [3.05, 3.63) is 70.8 Å². The second kappa shape index (κ2) is 5.95. The van der Waals surface area contributed by atoms with Crippen LogP contribution in [0.25, 0.3) is 0 Å². The molecule has 0 atom stereocenters. The highest BCUT2D eigenvalue weighted by Crippen LogP contribution is 2.16. The fraction of sp³-hybridized carbons (Fsp3) is 0.235. The zero-order valence-corrected chi connectivity index (χ0v) is 11.5. The van der Waals surface area contributed by atoms with Crippen molar-refractivity contribution < 1.29 is 13.6 Å². The van der Waals surface area contributed by atoms with Crippen LogP contribution in [0, 0.1) is 17.6 Å². The maximum atomic E-state index is 13.2. The molecule has 0 amide bonds. The molecular formula is C17H16F2O. The van der Waals surface area contributed by atoms with E-state index in [1.165, 1.54) is 6.07 Å². The third-order valence-electron chi connectivity index (χ3n) is 3.01. The van der Waals surface area contributed by atoms with Crippen LogP contribution in [0.3, 0.4) is 0 Å². The summed E-state index contributed by atoms with van der Waals surface area (Å²) in [5.41, 5.74) is 1.72. The normalized spacial score (nSPS) is 10.8. The maximum absolute atomic E-state index is 13.2. The number of carbonyl (C=O) groups is 1. The lowest BCUT2D eigenvalue weighted by Crippen LogP contribution is -2.04. The molecule has 3 heteroatoms. The number of halogens is 2. The largest absolute Gasteiger partial charge is 0.289 e. The predicted molar refractivity (Wildman–Crippen MR) is 74.8 cm³/mol. The van der Waals surface area contributed by atoms with Crippen molar-refractivity contribution in [1.82, 2.24) is 0 Å². The number of hydrogen-bond donors (Lipinski definition) is 0. The highest BCUT2D eigenvalue weighted by atomic mass is 19.2. The molecule has 0 bridgehead atoms. The van der Waals surface area contributed by atoms with Gasteiger partial charge in [0.1, 0.15) is 0 Å². The van der Waals surface area contributed by atoms with Crippen LogP contribution < -0.4 is 0 Å². The molecule has 0 aliphatic carbocycles. The van der Waals surface area contributed by atoms with Gasteiger partial charge < -0.3 is 0 Å². The number of benzene rings is 2. The monoisotopic (exact) mass is 274 g/mol. The summed E-state index contributed by atoms with van der Waals surface area (Å²) in [5, 5.41) is 0. The minimum atomic E-state index is -1.01. The summed E-state index contributed by atoms with van der Waals surface area (Å²) < 4.78 is 26.1. The molecule has 0 spiro atoms. The molecule has 0 unspecified atom stereocenters. The molecule has 2 rings (SSSR count). The van der Waals surface area contributed by atoms with Gasteiger partial charge in [0.25, 0.3) is 0 Å². The summed E-state index contributed by atoms with van der Waals surface area (Å²) >= 11 is 0. The van der Waals surface area contributed by atoms with E-state index in [4.69, 9.17) is 0 Å². The lowest BCUT2D eigenvalue weighted by atomic mass is 9.97. The van der Waals surface area contributed by atoms with Crippen LogP contribution in [0.1, 0.15) is 35.3 Å². The van der Waals surface area contributed by atoms with Crippen LogP contribution >= 0.6 is 0 Å². The SMILES string of the molecule is CC(C)Cc1cccc(C(=O)c2ccc(F)c(F)c2)c1. The molecule has 2 aromatic carbocycles. The molecule has 0 radical (unpaired) electrons. The van der Waals surface area contributed by atoms with Crippen LogP contribution in [0.2, 0.25) is 0 Å². The molecule has 104 valence electrons. The first-order valence-corrected chi connectivity index (χ1v) is 6.56. The Labute approximate surface area is 117 Å². The summed E-state index contributed by atoms with van der Waals surface area (Å²) in [6, 6.07) is 10.5. The Balaban J connectivity index is 2.30. The molecule has 0 heterocycles. The topological polar surface area (TPSA) is 17.1 Å². The molecule has 2 aromatic rings. The van der Waals surface area contributed by atoms with E-state index in [0.29, 0.717) is 11.5 Å². The van der Waals surface area contributed by atoms with Gasteiger partial charge in [-0.2, -0.15) is 0 Å². The third kappa shape index (κ3) is 3.29. The quantitative estimate of drug-likeness (QED) is 0.755. The Bertz CT molecular complexity index is 633. The zero-order valence-electron chi connectivity index (χ0n) is 11.5. The second-order valence-electron chi connectivity index (χ2n) is 5.26. The van der Waals surface area contributed by atoms with Gasteiger partial charge in [0.2, 0.25) is 0 Å². The molecule has 0 aromatic heterocycles. The van der Waals surface area contributed by atoms with E-state index in [2.05, 4.69) is 13.8 Å². The highest BCUT2D eigenvalue weighted by molar-refractivity contribution is 6.09. The van der Waals surface area contributed by atoms with Crippen LogP contribution in [-0.4, -0.2) is 5.78 Å². The van der Waals surface area contributed by atoms with Crippen molar-refractivity contribution in [2.75, 3.05) is 0 Å².